The summed E-state index contributed by atoms with van der Waals surface area (Å²) in [6, 6.07) is 4.94. The molecule has 1 heterocycles. The van der Waals surface area contributed by atoms with Gasteiger partial charge in [0.15, 0.2) is 11.6 Å². The number of hydrazine groups is 1. The Balaban J connectivity index is 2.23. The van der Waals surface area contributed by atoms with Gasteiger partial charge in [-0.15, -0.1) is 11.3 Å². The van der Waals surface area contributed by atoms with Gasteiger partial charge in [0.05, 0.1) is 18.2 Å². The van der Waals surface area contributed by atoms with Crippen molar-refractivity contribution in [2.24, 2.45) is 5.84 Å². The first kappa shape index (κ1) is 13.9. The number of hydrogen-bond acceptors (Lipinski definition) is 5. The molecule has 19 heavy (non-hydrogen) atoms. The molecule has 6 heteroatoms. The number of methoxy groups -OCH3 is 1. The molecule has 0 aliphatic carbocycles. The van der Waals surface area contributed by atoms with Crippen molar-refractivity contribution in [3.05, 3.63) is 45.7 Å². The number of nitrogens with one attached hydrogen (secondary N) is 1. The summed E-state index contributed by atoms with van der Waals surface area (Å²) in [4.78, 5) is 5.18. The lowest BCUT2D eigenvalue weighted by Gasteiger charge is -2.15. The zero-order valence-corrected chi connectivity index (χ0v) is 11.6. The second-order valence-corrected chi connectivity index (χ2v) is 5.40. The van der Waals surface area contributed by atoms with Gasteiger partial charge in [0.25, 0.3) is 0 Å². The first-order valence-corrected chi connectivity index (χ1v) is 6.67. The quantitative estimate of drug-likeness (QED) is 0.652. The standard InChI is InChI=1S/C13H16FN3OS/c1-8-16-7-12(19-8)10(17-15)6-9-4-3-5-11(18-2)13(9)14/h3-5,7,10,17H,6,15H2,1-2H3. The second kappa shape index (κ2) is 6.10. The summed E-state index contributed by atoms with van der Waals surface area (Å²) >= 11 is 1.55. The van der Waals surface area contributed by atoms with E-state index in [2.05, 4.69) is 10.4 Å². The molecule has 0 bridgehead atoms. The maximum atomic E-state index is 14.1. The Bertz CT molecular complexity index is 559. The van der Waals surface area contributed by atoms with Crippen LogP contribution >= 0.6 is 11.3 Å². The van der Waals surface area contributed by atoms with Crippen LogP contribution in [0.5, 0.6) is 5.75 Å². The molecule has 102 valence electrons. The number of thiazole rings is 1. The van der Waals surface area contributed by atoms with Gasteiger partial charge in [0.1, 0.15) is 0 Å². The summed E-state index contributed by atoms with van der Waals surface area (Å²) < 4.78 is 19.1. The highest BCUT2D eigenvalue weighted by atomic mass is 32.1. The molecule has 2 aromatic rings. The van der Waals surface area contributed by atoms with Gasteiger partial charge < -0.3 is 4.74 Å². The predicted molar refractivity (Wildman–Crippen MR) is 73.6 cm³/mol. The van der Waals surface area contributed by atoms with Gasteiger partial charge in [0.2, 0.25) is 0 Å². The molecular formula is C13H16FN3OS. The SMILES string of the molecule is COc1cccc(CC(NN)c2cnc(C)s2)c1F. The highest BCUT2D eigenvalue weighted by Gasteiger charge is 2.17. The van der Waals surface area contributed by atoms with Gasteiger partial charge in [-0.2, -0.15) is 0 Å². The summed E-state index contributed by atoms with van der Waals surface area (Å²) in [5.41, 5.74) is 3.27. The Morgan fingerprint density at radius 2 is 2.32 bits per heavy atom. The van der Waals surface area contributed by atoms with E-state index in [-0.39, 0.29) is 17.6 Å². The van der Waals surface area contributed by atoms with Crippen LogP contribution in [0.2, 0.25) is 0 Å². The Kier molecular flexibility index (Phi) is 4.47. The summed E-state index contributed by atoms with van der Waals surface area (Å²) in [6.45, 7) is 1.92. The molecule has 2 rings (SSSR count). The summed E-state index contributed by atoms with van der Waals surface area (Å²) in [5.74, 6) is 5.46. The number of benzene rings is 1. The van der Waals surface area contributed by atoms with Crippen molar-refractivity contribution in [2.75, 3.05) is 7.11 Å². The van der Waals surface area contributed by atoms with E-state index >= 15 is 0 Å². The summed E-state index contributed by atoms with van der Waals surface area (Å²) in [6.07, 6.45) is 2.21. The van der Waals surface area contributed by atoms with Crippen molar-refractivity contribution >= 4 is 11.3 Å². The Labute approximate surface area is 115 Å². The van der Waals surface area contributed by atoms with E-state index in [1.165, 1.54) is 7.11 Å². The first-order valence-electron chi connectivity index (χ1n) is 5.85. The first-order chi connectivity index (χ1) is 9.15. The molecule has 0 saturated carbocycles. The zero-order valence-electron chi connectivity index (χ0n) is 10.8. The normalized spacial score (nSPS) is 12.4. The van der Waals surface area contributed by atoms with Crippen molar-refractivity contribution < 1.29 is 9.13 Å². The molecule has 0 aliphatic heterocycles. The molecule has 0 saturated heterocycles. The lowest BCUT2D eigenvalue weighted by Crippen LogP contribution is -2.29. The van der Waals surface area contributed by atoms with E-state index in [0.717, 1.165) is 9.88 Å². The fourth-order valence-electron chi connectivity index (χ4n) is 1.87. The van der Waals surface area contributed by atoms with E-state index in [1.54, 1.807) is 35.7 Å². The number of halogens is 1. The average molecular weight is 281 g/mol. The lowest BCUT2D eigenvalue weighted by molar-refractivity contribution is 0.382. The minimum absolute atomic E-state index is 0.159. The number of rotatable bonds is 5. The van der Waals surface area contributed by atoms with Crippen LogP contribution in [0.25, 0.3) is 0 Å². The van der Waals surface area contributed by atoms with Crippen molar-refractivity contribution in [3.63, 3.8) is 0 Å². The molecule has 4 nitrogen and oxygen atoms in total. The molecule has 0 fully saturated rings. The number of nitrogens with two attached hydrogens (primary N) is 1. The van der Waals surface area contributed by atoms with Crippen LogP contribution in [-0.4, -0.2) is 12.1 Å². The minimum atomic E-state index is -0.341. The fourth-order valence-corrected chi connectivity index (χ4v) is 2.72. The maximum absolute atomic E-state index is 14.1. The third-order valence-corrected chi connectivity index (χ3v) is 3.90. The molecule has 0 spiro atoms. The molecule has 0 amide bonds. The van der Waals surface area contributed by atoms with Crippen LogP contribution in [0.15, 0.2) is 24.4 Å². The molecule has 3 N–H and O–H groups in total. The van der Waals surface area contributed by atoms with Crippen molar-refractivity contribution in [2.45, 2.75) is 19.4 Å². The second-order valence-electron chi connectivity index (χ2n) is 4.14. The molecule has 1 atom stereocenters. The lowest BCUT2D eigenvalue weighted by atomic mass is 10.0. The highest BCUT2D eigenvalue weighted by molar-refractivity contribution is 7.11. The summed E-state index contributed by atoms with van der Waals surface area (Å²) in [7, 11) is 1.45. The van der Waals surface area contributed by atoms with E-state index in [4.69, 9.17) is 10.6 Å². The van der Waals surface area contributed by atoms with Crippen LogP contribution < -0.4 is 16.0 Å². The Morgan fingerprint density at radius 3 is 2.89 bits per heavy atom. The topological polar surface area (TPSA) is 60.2 Å². The van der Waals surface area contributed by atoms with E-state index in [0.29, 0.717) is 12.0 Å². The van der Waals surface area contributed by atoms with Gasteiger partial charge in [0, 0.05) is 11.1 Å². The molecule has 1 aromatic carbocycles. The van der Waals surface area contributed by atoms with E-state index < -0.39 is 0 Å². The molecule has 1 aromatic heterocycles. The van der Waals surface area contributed by atoms with E-state index in [9.17, 15) is 4.39 Å². The van der Waals surface area contributed by atoms with Gasteiger partial charge >= 0.3 is 0 Å². The van der Waals surface area contributed by atoms with Gasteiger partial charge in [-0.3, -0.25) is 11.3 Å². The molecule has 0 radical (unpaired) electrons. The number of aromatic nitrogens is 1. The van der Waals surface area contributed by atoms with Crippen molar-refractivity contribution in [3.8, 4) is 5.75 Å². The van der Waals surface area contributed by atoms with Crippen LogP contribution in [-0.2, 0) is 6.42 Å². The summed E-state index contributed by atoms with van der Waals surface area (Å²) in [5, 5.41) is 0.960. The number of ether oxygens (including phenoxy) is 1. The number of nitrogens with zero attached hydrogens (tertiary/aromatic N) is 1. The Morgan fingerprint density at radius 1 is 1.53 bits per heavy atom. The molecule has 1 unspecified atom stereocenters. The smallest absolute Gasteiger partial charge is 0.168 e. The van der Waals surface area contributed by atoms with Gasteiger partial charge in [-0.1, -0.05) is 12.1 Å². The number of hydrogen-bond donors (Lipinski definition) is 2. The van der Waals surface area contributed by atoms with Crippen molar-refractivity contribution in [1.82, 2.24) is 10.4 Å². The van der Waals surface area contributed by atoms with E-state index in [1.807, 2.05) is 6.92 Å². The Hall–Kier alpha value is -1.50. The molecular weight excluding hydrogens is 265 g/mol. The van der Waals surface area contributed by atoms with Crippen LogP contribution in [0, 0.1) is 12.7 Å². The van der Waals surface area contributed by atoms with Crippen molar-refractivity contribution in [1.29, 1.82) is 0 Å². The van der Waals surface area contributed by atoms with Gasteiger partial charge in [-0.05, 0) is 25.0 Å². The largest absolute Gasteiger partial charge is 0.494 e. The molecule has 0 aliphatic rings. The minimum Gasteiger partial charge on any atom is -0.494 e. The monoisotopic (exact) mass is 281 g/mol. The van der Waals surface area contributed by atoms with Gasteiger partial charge in [-0.25, -0.2) is 9.37 Å². The maximum Gasteiger partial charge on any atom is 0.168 e. The third-order valence-electron chi connectivity index (χ3n) is 2.87. The predicted octanol–water partition coefficient (Wildman–Crippen LogP) is 2.35. The van der Waals surface area contributed by atoms with Crippen LogP contribution in [0.1, 0.15) is 21.5 Å². The fraction of sp³-hybridized carbons (Fsp3) is 0.308. The number of aryl methyl sites for hydroxylation is 1. The third kappa shape index (κ3) is 3.09. The van der Waals surface area contributed by atoms with Crippen LogP contribution in [0.4, 0.5) is 4.39 Å². The highest BCUT2D eigenvalue weighted by Crippen LogP contribution is 2.27. The van der Waals surface area contributed by atoms with Crippen LogP contribution in [0.3, 0.4) is 0 Å². The average Bonchev–Trinajstić information content (AvgIpc) is 2.84. The zero-order chi connectivity index (χ0) is 13.8.